The van der Waals surface area contributed by atoms with Gasteiger partial charge in [0.25, 0.3) is 0 Å². The number of Topliss-reactive ketones (excluding diaryl/α,β-unsaturated/α-hetero) is 1. The van der Waals surface area contributed by atoms with Crippen LogP contribution in [0.1, 0.15) is 19.8 Å². The Kier molecular flexibility index (Phi) is 12.7. The summed E-state index contributed by atoms with van der Waals surface area (Å²) < 4.78 is 0. The van der Waals surface area contributed by atoms with Crippen molar-refractivity contribution in [3.05, 3.63) is 0 Å². The third-order valence-corrected chi connectivity index (χ3v) is 3.76. The molecule has 3 N–H and O–H groups in total. The summed E-state index contributed by atoms with van der Waals surface area (Å²) in [5.74, 6) is -0.0311. The van der Waals surface area contributed by atoms with Crippen molar-refractivity contribution in [2.24, 2.45) is 5.73 Å². The maximum Gasteiger partial charge on any atom is 0.321 e. The molecule has 15 heavy (non-hydrogen) atoms. The van der Waals surface area contributed by atoms with Gasteiger partial charge >= 0.3 is 5.97 Å². The average Bonchev–Trinajstić information content (AvgIpc) is 2.12. The molecule has 0 fully saturated rings. The van der Waals surface area contributed by atoms with Crippen LogP contribution in [0.25, 0.3) is 0 Å². The fourth-order valence-corrected chi connectivity index (χ4v) is 2.77. The second-order valence-corrected chi connectivity index (χ2v) is 5.29. The van der Waals surface area contributed by atoms with Crippen molar-refractivity contribution in [2.75, 3.05) is 11.5 Å². The number of carbonyl (C=O) groups is 2. The van der Waals surface area contributed by atoms with Gasteiger partial charge in [-0.25, -0.2) is 0 Å². The Morgan fingerprint density at radius 3 is 2.47 bits per heavy atom. The van der Waals surface area contributed by atoms with E-state index in [1.54, 1.807) is 0 Å². The number of nitrogens with two attached hydrogens (primary N) is 1. The summed E-state index contributed by atoms with van der Waals surface area (Å²) in [4.78, 5) is 21.4. The molecule has 0 saturated carbocycles. The third-order valence-electron chi connectivity index (χ3n) is 1.40. The van der Waals surface area contributed by atoms with E-state index in [0.717, 1.165) is 6.42 Å². The van der Waals surface area contributed by atoms with Crippen LogP contribution in [0, 0.1) is 0 Å². The Morgan fingerprint density at radius 1 is 1.40 bits per heavy atom. The van der Waals surface area contributed by atoms with Gasteiger partial charge in [-0.15, -0.1) is 0 Å². The first-order valence-electron chi connectivity index (χ1n) is 4.32. The lowest BCUT2D eigenvalue weighted by molar-refractivity contribution is -0.137. The number of hydrogen-bond donors (Lipinski definition) is 2. The summed E-state index contributed by atoms with van der Waals surface area (Å²) in [6.45, 7) is 1.95. The van der Waals surface area contributed by atoms with Gasteiger partial charge in [-0.3, -0.25) is 9.59 Å². The minimum atomic E-state index is -1.00. The van der Waals surface area contributed by atoms with Crippen LogP contribution in [0.15, 0.2) is 0 Å². The van der Waals surface area contributed by atoms with E-state index < -0.39 is 12.0 Å². The molecular formula is C8H15BrNO3S2-. The van der Waals surface area contributed by atoms with Crippen LogP contribution >= 0.6 is 21.6 Å². The van der Waals surface area contributed by atoms with Crippen LogP contribution in [0.3, 0.4) is 0 Å². The van der Waals surface area contributed by atoms with Gasteiger partial charge in [0, 0.05) is 12.2 Å². The fraction of sp³-hybridized carbons (Fsp3) is 0.750. The molecule has 0 aromatic rings. The summed E-state index contributed by atoms with van der Waals surface area (Å²) in [5.41, 5.74) is 5.27. The zero-order chi connectivity index (χ0) is 11.0. The Hall–Kier alpha value is 0.280. The monoisotopic (exact) mass is 316 g/mol. The van der Waals surface area contributed by atoms with E-state index in [9.17, 15) is 9.59 Å². The van der Waals surface area contributed by atoms with E-state index in [2.05, 4.69) is 0 Å². The van der Waals surface area contributed by atoms with Crippen molar-refractivity contribution in [2.45, 2.75) is 25.8 Å². The standard InChI is InChI=1S/C8H15NO3S2.BrH/c1-2-3-6(10)4-13-14-5-7(9)8(11)12;/h7H,2-5,9H2,1H3,(H,11,12);1H/p-1/t7-;/m0./s1. The molecule has 0 aliphatic carbocycles. The van der Waals surface area contributed by atoms with E-state index in [4.69, 9.17) is 10.8 Å². The van der Waals surface area contributed by atoms with E-state index in [-0.39, 0.29) is 22.8 Å². The number of hydrogen-bond acceptors (Lipinski definition) is 5. The highest BCUT2D eigenvalue weighted by Gasteiger charge is 2.11. The first-order valence-corrected chi connectivity index (χ1v) is 6.81. The predicted molar refractivity (Wildman–Crippen MR) is 60.4 cm³/mol. The van der Waals surface area contributed by atoms with Crippen molar-refractivity contribution in [1.82, 2.24) is 0 Å². The van der Waals surface area contributed by atoms with Gasteiger partial charge in [0.05, 0.1) is 5.75 Å². The van der Waals surface area contributed by atoms with Crippen molar-refractivity contribution >= 4 is 33.3 Å². The van der Waals surface area contributed by atoms with E-state index in [1.807, 2.05) is 6.92 Å². The molecule has 0 amide bonds. The van der Waals surface area contributed by atoms with Crippen LogP contribution in [-0.4, -0.2) is 34.4 Å². The molecule has 0 unspecified atom stereocenters. The molecule has 1 atom stereocenters. The largest absolute Gasteiger partial charge is 1.00 e. The summed E-state index contributed by atoms with van der Waals surface area (Å²) in [6.07, 6.45) is 1.46. The zero-order valence-electron chi connectivity index (χ0n) is 8.44. The van der Waals surface area contributed by atoms with Crippen molar-refractivity contribution in [3.63, 3.8) is 0 Å². The number of halogens is 1. The van der Waals surface area contributed by atoms with Gasteiger partial charge in [-0.2, -0.15) is 0 Å². The molecule has 7 heteroatoms. The molecule has 0 aromatic carbocycles. The lowest BCUT2D eigenvalue weighted by atomic mass is 10.3. The van der Waals surface area contributed by atoms with Crippen molar-refractivity contribution in [3.8, 4) is 0 Å². The summed E-state index contributed by atoms with van der Waals surface area (Å²) >= 11 is 0. The number of carboxylic acids is 1. The molecule has 0 bridgehead atoms. The number of ketones is 1. The molecule has 0 rings (SSSR count). The molecule has 90 valence electrons. The van der Waals surface area contributed by atoms with Gasteiger partial charge < -0.3 is 27.8 Å². The predicted octanol–water partition coefficient (Wildman–Crippen LogP) is -1.85. The molecule has 0 aliphatic rings. The highest BCUT2D eigenvalue weighted by molar-refractivity contribution is 8.76. The van der Waals surface area contributed by atoms with Gasteiger partial charge in [0.1, 0.15) is 11.8 Å². The minimum Gasteiger partial charge on any atom is -1.00 e. The van der Waals surface area contributed by atoms with Crippen LogP contribution in [0.5, 0.6) is 0 Å². The maximum absolute atomic E-state index is 11.0. The zero-order valence-corrected chi connectivity index (χ0v) is 11.7. The molecule has 0 aliphatic heterocycles. The SMILES string of the molecule is CCCC(=O)CSSC[C@H](N)C(=O)O.[Br-]. The molecule has 0 aromatic heterocycles. The number of carboxylic acid groups (broad SMARTS) is 1. The lowest BCUT2D eigenvalue weighted by Crippen LogP contribution is -3.00. The Balaban J connectivity index is 0. The fourth-order valence-electron chi connectivity index (χ4n) is 0.651. The van der Waals surface area contributed by atoms with Gasteiger partial charge in [0.15, 0.2) is 0 Å². The third kappa shape index (κ3) is 10.6. The molecule has 0 radical (unpaired) electrons. The maximum atomic E-state index is 11.0. The Morgan fingerprint density at radius 2 is 2.00 bits per heavy atom. The van der Waals surface area contributed by atoms with Crippen LogP contribution in [0.4, 0.5) is 0 Å². The summed E-state index contributed by atoms with van der Waals surface area (Å²) in [5, 5.41) is 8.46. The summed E-state index contributed by atoms with van der Waals surface area (Å²) in [6, 6.07) is -0.839. The van der Waals surface area contributed by atoms with Gasteiger partial charge in [0.2, 0.25) is 0 Å². The first kappa shape index (κ1) is 17.7. The van der Waals surface area contributed by atoms with Gasteiger partial charge in [-0.1, -0.05) is 28.5 Å². The normalized spacial score (nSPS) is 11.6. The van der Waals surface area contributed by atoms with Crippen LogP contribution in [-0.2, 0) is 9.59 Å². The quantitative estimate of drug-likeness (QED) is 0.404. The smallest absolute Gasteiger partial charge is 0.321 e. The molecule has 0 saturated heterocycles. The Bertz CT molecular complexity index is 204. The van der Waals surface area contributed by atoms with Crippen LogP contribution in [0.2, 0.25) is 0 Å². The first-order chi connectivity index (χ1) is 6.57. The lowest BCUT2D eigenvalue weighted by Gasteiger charge is -2.04. The Labute approximate surface area is 108 Å². The second-order valence-electron chi connectivity index (χ2n) is 2.78. The molecule has 0 spiro atoms. The number of carbonyl (C=O) groups excluding carboxylic acids is 1. The molecule has 0 heterocycles. The minimum absolute atomic E-state index is 0. The van der Waals surface area contributed by atoms with Crippen molar-refractivity contribution < 1.29 is 31.7 Å². The highest BCUT2D eigenvalue weighted by Crippen LogP contribution is 2.22. The van der Waals surface area contributed by atoms with E-state index in [0.29, 0.717) is 17.9 Å². The number of rotatable bonds is 8. The molecule has 4 nitrogen and oxygen atoms in total. The topological polar surface area (TPSA) is 80.4 Å². The second kappa shape index (κ2) is 10.8. The van der Waals surface area contributed by atoms with Crippen LogP contribution < -0.4 is 22.7 Å². The number of aliphatic carboxylic acids is 1. The van der Waals surface area contributed by atoms with E-state index >= 15 is 0 Å². The highest BCUT2D eigenvalue weighted by atomic mass is 79.9. The molecular weight excluding hydrogens is 302 g/mol. The van der Waals surface area contributed by atoms with Gasteiger partial charge in [-0.05, 0) is 6.42 Å². The average molecular weight is 317 g/mol. The van der Waals surface area contributed by atoms with E-state index in [1.165, 1.54) is 21.6 Å². The van der Waals surface area contributed by atoms with Crippen molar-refractivity contribution in [1.29, 1.82) is 0 Å². The summed E-state index contributed by atoms with van der Waals surface area (Å²) in [7, 11) is 2.70.